The standard InChI is InChI=1S/C12H20O2/c1-2-12(4-3-7-14-12)10(13)9-8-11(9)5-6-11/h9-10,13H,2-8H2,1H3. The minimum Gasteiger partial charge on any atom is -0.390 e. The molecule has 0 amide bonds. The molecule has 1 N–H and O–H groups in total. The summed E-state index contributed by atoms with van der Waals surface area (Å²) in [5.74, 6) is 0.570. The Balaban J connectivity index is 1.72. The van der Waals surface area contributed by atoms with Crippen molar-refractivity contribution in [3.63, 3.8) is 0 Å². The summed E-state index contributed by atoms with van der Waals surface area (Å²) in [7, 11) is 0. The summed E-state index contributed by atoms with van der Waals surface area (Å²) in [6, 6.07) is 0. The van der Waals surface area contributed by atoms with Gasteiger partial charge in [-0.3, -0.25) is 0 Å². The summed E-state index contributed by atoms with van der Waals surface area (Å²) >= 11 is 0. The Labute approximate surface area is 85.6 Å². The van der Waals surface area contributed by atoms with Gasteiger partial charge in [0.1, 0.15) is 0 Å². The molecule has 2 saturated carbocycles. The van der Waals surface area contributed by atoms with Crippen LogP contribution in [-0.2, 0) is 4.74 Å². The Hall–Kier alpha value is -0.0800. The Morgan fingerprint density at radius 2 is 2.21 bits per heavy atom. The van der Waals surface area contributed by atoms with Gasteiger partial charge in [-0.2, -0.15) is 0 Å². The van der Waals surface area contributed by atoms with Gasteiger partial charge < -0.3 is 9.84 Å². The minimum absolute atomic E-state index is 0.170. The van der Waals surface area contributed by atoms with Crippen LogP contribution in [0.1, 0.15) is 45.4 Å². The van der Waals surface area contributed by atoms with Gasteiger partial charge >= 0.3 is 0 Å². The Bertz CT molecular complexity index is 239. The molecule has 3 rings (SSSR count). The van der Waals surface area contributed by atoms with Gasteiger partial charge in [0.25, 0.3) is 0 Å². The zero-order valence-electron chi connectivity index (χ0n) is 8.96. The van der Waals surface area contributed by atoms with Crippen LogP contribution in [-0.4, -0.2) is 23.4 Å². The average Bonchev–Trinajstić information content (AvgIpc) is 3.09. The van der Waals surface area contributed by atoms with E-state index in [1.54, 1.807) is 0 Å². The molecule has 14 heavy (non-hydrogen) atoms. The lowest BCUT2D eigenvalue weighted by Gasteiger charge is -2.33. The second kappa shape index (κ2) is 2.73. The normalized spacial score (nSPS) is 45.4. The highest BCUT2D eigenvalue weighted by atomic mass is 16.5. The number of rotatable bonds is 3. The van der Waals surface area contributed by atoms with Crippen LogP contribution in [0.25, 0.3) is 0 Å². The fourth-order valence-corrected chi connectivity index (χ4v) is 3.37. The molecule has 2 heteroatoms. The molecule has 1 heterocycles. The predicted octanol–water partition coefficient (Wildman–Crippen LogP) is 2.11. The van der Waals surface area contributed by atoms with E-state index in [1.807, 2.05) is 0 Å². The molecular weight excluding hydrogens is 176 g/mol. The van der Waals surface area contributed by atoms with Crippen molar-refractivity contribution in [1.29, 1.82) is 0 Å². The van der Waals surface area contributed by atoms with Crippen molar-refractivity contribution >= 4 is 0 Å². The number of hydrogen-bond donors (Lipinski definition) is 1. The molecule has 3 unspecified atom stereocenters. The van der Waals surface area contributed by atoms with E-state index in [2.05, 4.69) is 6.92 Å². The number of ether oxygens (including phenoxy) is 1. The maximum atomic E-state index is 10.4. The SMILES string of the molecule is CCC1(C(O)C2CC23CC3)CCCO1. The van der Waals surface area contributed by atoms with Crippen LogP contribution in [0.5, 0.6) is 0 Å². The molecule has 1 saturated heterocycles. The Morgan fingerprint density at radius 1 is 1.43 bits per heavy atom. The van der Waals surface area contributed by atoms with E-state index in [-0.39, 0.29) is 11.7 Å². The highest BCUT2D eigenvalue weighted by molar-refractivity contribution is 5.17. The van der Waals surface area contributed by atoms with Crippen molar-refractivity contribution in [3.8, 4) is 0 Å². The fourth-order valence-electron chi connectivity index (χ4n) is 3.37. The van der Waals surface area contributed by atoms with Crippen LogP contribution in [0.4, 0.5) is 0 Å². The first-order valence-corrected chi connectivity index (χ1v) is 6.04. The van der Waals surface area contributed by atoms with E-state index in [9.17, 15) is 5.11 Å². The second-order valence-corrected chi connectivity index (χ2v) is 5.49. The first kappa shape index (κ1) is 9.17. The Kier molecular flexibility index (Phi) is 1.79. The number of aliphatic hydroxyl groups is 1. The minimum atomic E-state index is -0.183. The van der Waals surface area contributed by atoms with Gasteiger partial charge in [0.2, 0.25) is 0 Å². The molecule has 2 nitrogen and oxygen atoms in total. The molecular formula is C12H20O2. The van der Waals surface area contributed by atoms with Crippen molar-refractivity contribution in [2.75, 3.05) is 6.61 Å². The molecule has 3 aliphatic rings. The molecule has 1 spiro atoms. The van der Waals surface area contributed by atoms with Gasteiger partial charge in [0, 0.05) is 6.61 Å². The van der Waals surface area contributed by atoms with E-state index < -0.39 is 0 Å². The topological polar surface area (TPSA) is 29.5 Å². The van der Waals surface area contributed by atoms with Crippen molar-refractivity contribution in [2.45, 2.75) is 57.2 Å². The number of hydrogen-bond acceptors (Lipinski definition) is 2. The first-order valence-electron chi connectivity index (χ1n) is 6.04. The molecule has 80 valence electrons. The van der Waals surface area contributed by atoms with Crippen LogP contribution in [0.15, 0.2) is 0 Å². The third-order valence-corrected chi connectivity index (χ3v) is 4.80. The van der Waals surface area contributed by atoms with Crippen LogP contribution in [0, 0.1) is 11.3 Å². The number of aliphatic hydroxyl groups excluding tert-OH is 1. The molecule has 0 bridgehead atoms. The van der Waals surface area contributed by atoms with E-state index in [0.29, 0.717) is 11.3 Å². The molecule has 0 aromatic heterocycles. The monoisotopic (exact) mass is 196 g/mol. The largest absolute Gasteiger partial charge is 0.390 e. The van der Waals surface area contributed by atoms with Crippen molar-refractivity contribution in [2.24, 2.45) is 11.3 Å². The summed E-state index contributed by atoms with van der Waals surface area (Å²) in [4.78, 5) is 0. The molecule has 0 radical (unpaired) electrons. The molecule has 3 fully saturated rings. The van der Waals surface area contributed by atoms with E-state index in [1.165, 1.54) is 19.3 Å². The van der Waals surface area contributed by atoms with Crippen LogP contribution in [0.2, 0.25) is 0 Å². The molecule has 2 aliphatic carbocycles. The lowest BCUT2D eigenvalue weighted by atomic mass is 9.87. The van der Waals surface area contributed by atoms with Crippen LogP contribution >= 0.6 is 0 Å². The third kappa shape index (κ3) is 1.10. The zero-order chi connectivity index (χ0) is 9.81. The van der Waals surface area contributed by atoms with Crippen molar-refractivity contribution in [3.05, 3.63) is 0 Å². The van der Waals surface area contributed by atoms with Crippen molar-refractivity contribution < 1.29 is 9.84 Å². The van der Waals surface area contributed by atoms with Gasteiger partial charge in [0.15, 0.2) is 0 Å². The fraction of sp³-hybridized carbons (Fsp3) is 1.00. The Morgan fingerprint density at radius 3 is 2.64 bits per heavy atom. The summed E-state index contributed by atoms with van der Waals surface area (Å²) in [6.45, 7) is 3.00. The zero-order valence-corrected chi connectivity index (χ0v) is 8.96. The van der Waals surface area contributed by atoms with Gasteiger partial charge in [-0.25, -0.2) is 0 Å². The predicted molar refractivity (Wildman–Crippen MR) is 54.0 cm³/mol. The first-order chi connectivity index (χ1) is 6.72. The third-order valence-electron chi connectivity index (χ3n) is 4.80. The molecule has 0 aromatic carbocycles. The smallest absolute Gasteiger partial charge is 0.0941 e. The van der Waals surface area contributed by atoms with Gasteiger partial charge in [-0.1, -0.05) is 6.92 Å². The second-order valence-electron chi connectivity index (χ2n) is 5.49. The highest BCUT2D eigenvalue weighted by Gasteiger charge is 2.67. The van der Waals surface area contributed by atoms with Gasteiger partial charge in [-0.15, -0.1) is 0 Å². The summed E-state index contributed by atoms with van der Waals surface area (Å²) in [5, 5.41) is 10.4. The van der Waals surface area contributed by atoms with E-state index in [0.717, 1.165) is 25.9 Å². The lowest BCUT2D eigenvalue weighted by molar-refractivity contribution is -0.103. The summed E-state index contributed by atoms with van der Waals surface area (Å²) in [5.41, 5.74) is 0.421. The van der Waals surface area contributed by atoms with Crippen LogP contribution in [0.3, 0.4) is 0 Å². The van der Waals surface area contributed by atoms with E-state index in [4.69, 9.17) is 4.74 Å². The quantitative estimate of drug-likeness (QED) is 0.749. The maximum Gasteiger partial charge on any atom is 0.0941 e. The van der Waals surface area contributed by atoms with Gasteiger partial charge in [0.05, 0.1) is 11.7 Å². The molecule has 3 atom stereocenters. The highest BCUT2D eigenvalue weighted by Crippen LogP contribution is 2.72. The molecule has 1 aliphatic heterocycles. The van der Waals surface area contributed by atoms with Gasteiger partial charge in [-0.05, 0) is 49.9 Å². The van der Waals surface area contributed by atoms with E-state index >= 15 is 0 Å². The lowest BCUT2D eigenvalue weighted by Crippen LogP contribution is -2.43. The van der Waals surface area contributed by atoms with Crippen LogP contribution < -0.4 is 0 Å². The average molecular weight is 196 g/mol. The summed E-state index contributed by atoms with van der Waals surface area (Å²) in [6.07, 6.45) is 6.96. The maximum absolute atomic E-state index is 10.4. The van der Waals surface area contributed by atoms with Crippen molar-refractivity contribution in [1.82, 2.24) is 0 Å². The molecule has 0 aromatic rings. The summed E-state index contributed by atoms with van der Waals surface area (Å²) < 4.78 is 5.82.